The second kappa shape index (κ2) is 9.75. The highest BCUT2D eigenvalue weighted by atomic mass is 35.5. The number of carbonyl (C=O) groups excluding carboxylic acids is 1. The topological polar surface area (TPSA) is 67.6 Å². The van der Waals surface area contributed by atoms with E-state index in [0.717, 1.165) is 38.3 Å². The first-order valence-electron chi connectivity index (χ1n) is 8.07. The molecule has 5 nitrogen and oxygen atoms in total. The molecule has 1 aliphatic heterocycles. The van der Waals surface area contributed by atoms with Crippen LogP contribution in [-0.2, 0) is 16.1 Å². The van der Waals surface area contributed by atoms with Gasteiger partial charge in [-0.15, -0.1) is 12.4 Å². The van der Waals surface area contributed by atoms with E-state index in [1.807, 2.05) is 26.0 Å². The molecular weight excluding hydrogens is 314 g/mol. The third kappa shape index (κ3) is 5.37. The third-order valence-electron chi connectivity index (χ3n) is 4.36. The number of morpholine rings is 1. The van der Waals surface area contributed by atoms with Crippen molar-refractivity contribution in [2.75, 3.05) is 31.2 Å². The predicted molar refractivity (Wildman–Crippen MR) is 96.0 cm³/mol. The summed E-state index contributed by atoms with van der Waals surface area (Å²) in [6, 6.07) is 7.74. The number of nitrogens with one attached hydrogen (secondary N) is 1. The maximum Gasteiger partial charge on any atom is 0.237 e. The first-order valence-corrected chi connectivity index (χ1v) is 8.07. The van der Waals surface area contributed by atoms with Gasteiger partial charge in [-0.05, 0) is 17.5 Å². The molecule has 1 aromatic rings. The number of anilines is 1. The van der Waals surface area contributed by atoms with E-state index in [4.69, 9.17) is 10.5 Å². The molecule has 1 saturated heterocycles. The summed E-state index contributed by atoms with van der Waals surface area (Å²) in [6.45, 7) is 7.84. The average Bonchev–Trinajstić information content (AvgIpc) is 2.59. The highest BCUT2D eigenvalue weighted by molar-refractivity contribution is 5.85. The van der Waals surface area contributed by atoms with E-state index in [1.165, 1.54) is 5.69 Å². The molecule has 0 aromatic heterocycles. The molecule has 1 amide bonds. The zero-order valence-corrected chi connectivity index (χ0v) is 14.8. The summed E-state index contributed by atoms with van der Waals surface area (Å²) < 4.78 is 5.40. The van der Waals surface area contributed by atoms with Crippen LogP contribution in [0.3, 0.4) is 0 Å². The lowest BCUT2D eigenvalue weighted by Gasteiger charge is -2.30. The van der Waals surface area contributed by atoms with Crippen molar-refractivity contribution in [3.8, 4) is 0 Å². The Morgan fingerprint density at radius 1 is 1.35 bits per heavy atom. The first-order chi connectivity index (χ1) is 10.6. The molecule has 0 radical (unpaired) electrons. The summed E-state index contributed by atoms with van der Waals surface area (Å²) in [7, 11) is 0. The predicted octanol–water partition coefficient (Wildman–Crippen LogP) is 1.93. The number of benzene rings is 1. The van der Waals surface area contributed by atoms with E-state index in [0.29, 0.717) is 6.54 Å². The maximum absolute atomic E-state index is 12.1. The number of hydrogen-bond acceptors (Lipinski definition) is 4. The van der Waals surface area contributed by atoms with Crippen molar-refractivity contribution < 1.29 is 9.53 Å². The molecule has 2 atom stereocenters. The SMILES string of the molecule is CCC(C)C(N)C(=O)NCc1ccccc1N1CCOCC1.Cl. The van der Waals surface area contributed by atoms with Gasteiger partial charge in [0.15, 0.2) is 0 Å². The Hall–Kier alpha value is -1.30. The Morgan fingerprint density at radius 3 is 2.65 bits per heavy atom. The van der Waals surface area contributed by atoms with Crippen molar-refractivity contribution in [3.05, 3.63) is 29.8 Å². The van der Waals surface area contributed by atoms with Crippen LogP contribution in [-0.4, -0.2) is 38.3 Å². The van der Waals surface area contributed by atoms with E-state index in [-0.39, 0.29) is 24.2 Å². The lowest BCUT2D eigenvalue weighted by Crippen LogP contribution is -2.44. The Labute approximate surface area is 145 Å². The summed E-state index contributed by atoms with van der Waals surface area (Å²) in [5.74, 6) is 0.112. The van der Waals surface area contributed by atoms with E-state index >= 15 is 0 Å². The zero-order chi connectivity index (χ0) is 15.9. The molecule has 0 saturated carbocycles. The number of nitrogens with two attached hydrogens (primary N) is 1. The number of rotatable bonds is 6. The van der Waals surface area contributed by atoms with Crippen LogP contribution in [0.2, 0.25) is 0 Å². The van der Waals surface area contributed by atoms with Gasteiger partial charge < -0.3 is 20.7 Å². The van der Waals surface area contributed by atoms with Gasteiger partial charge in [-0.25, -0.2) is 0 Å². The number of amides is 1. The molecule has 0 spiro atoms. The van der Waals surface area contributed by atoms with Crippen LogP contribution in [0.4, 0.5) is 5.69 Å². The smallest absolute Gasteiger partial charge is 0.237 e. The molecule has 130 valence electrons. The lowest BCUT2D eigenvalue weighted by atomic mass is 9.99. The summed E-state index contributed by atoms with van der Waals surface area (Å²) >= 11 is 0. The van der Waals surface area contributed by atoms with Crippen molar-refractivity contribution in [1.82, 2.24) is 5.32 Å². The van der Waals surface area contributed by atoms with E-state index in [2.05, 4.69) is 22.3 Å². The third-order valence-corrected chi connectivity index (χ3v) is 4.36. The number of hydrogen-bond donors (Lipinski definition) is 2. The van der Waals surface area contributed by atoms with Gasteiger partial charge in [-0.1, -0.05) is 38.5 Å². The Bertz CT molecular complexity index is 492. The summed E-state index contributed by atoms with van der Waals surface area (Å²) in [6.07, 6.45) is 0.902. The van der Waals surface area contributed by atoms with Gasteiger partial charge in [0.1, 0.15) is 0 Å². The second-order valence-corrected chi connectivity index (χ2v) is 5.86. The van der Waals surface area contributed by atoms with Crippen LogP contribution in [0.25, 0.3) is 0 Å². The monoisotopic (exact) mass is 341 g/mol. The molecular formula is C17H28ClN3O2. The number of halogens is 1. The Kier molecular flexibility index (Phi) is 8.37. The molecule has 0 aliphatic carbocycles. The van der Waals surface area contributed by atoms with Crippen LogP contribution in [0.5, 0.6) is 0 Å². The van der Waals surface area contributed by atoms with Crippen molar-refractivity contribution >= 4 is 24.0 Å². The van der Waals surface area contributed by atoms with Gasteiger partial charge in [0.2, 0.25) is 5.91 Å². The van der Waals surface area contributed by atoms with Crippen LogP contribution >= 0.6 is 12.4 Å². The molecule has 2 unspecified atom stereocenters. The lowest BCUT2D eigenvalue weighted by molar-refractivity contribution is -0.123. The molecule has 1 aromatic carbocycles. The largest absolute Gasteiger partial charge is 0.378 e. The van der Waals surface area contributed by atoms with Crippen LogP contribution in [0.1, 0.15) is 25.8 Å². The van der Waals surface area contributed by atoms with E-state index in [1.54, 1.807) is 0 Å². The molecule has 1 heterocycles. The average molecular weight is 342 g/mol. The first kappa shape index (κ1) is 19.7. The van der Waals surface area contributed by atoms with Crippen molar-refractivity contribution in [2.24, 2.45) is 11.7 Å². The number of carbonyl (C=O) groups is 1. The van der Waals surface area contributed by atoms with Crippen LogP contribution in [0.15, 0.2) is 24.3 Å². The Morgan fingerprint density at radius 2 is 2.00 bits per heavy atom. The van der Waals surface area contributed by atoms with Gasteiger partial charge >= 0.3 is 0 Å². The minimum Gasteiger partial charge on any atom is -0.378 e. The molecule has 0 bridgehead atoms. The summed E-state index contributed by atoms with van der Waals surface area (Å²) in [4.78, 5) is 14.4. The number of para-hydroxylation sites is 1. The van der Waals surface area contributed by atoms with E-state index in [9.17, 15) is 4.79 Å². The number of ether oxygens (including phenoxy) is 1. The summed E-state index contributed by atoms with van der Waals surface area (Å²) in [5, 5.41) is 2.97. The summed E-state index contributed by atoms with van der Waals surface area (Å²) in [5.41, 5.74) is 8.27. The zero-order valence-electron chi connectivity index (χ0n) is 14.0. The van der Waals surface area contributed by atoms with Crippen LogP contribution in [0, 0.1) is 5.92 Å². The van der Waals surface area contributed by atoms with Gasteiger partial charge in [-0.2, -0.15) is 0 Å². The fourth-order valence-corrected chi connectivity index (χ4v) is 2.59. The van der Waals surface area contributed by atoms with Crippen molar-refractivity contribution in [2.45, 2.75) is 32.9 Å². The molecule has 2 rings (SSSR count). The van der Waals surface area contributed by atoms with Crippen molar-refractivity contribution in [1.29, 1.82) is 0 Å². The minimum absolute atomic E-state index is 0. The minimum atomic E-state index is -0.444. The van der Waals surface area contributed by atoms with Gasteiger partial charge in [-0.3, -0.25) is 4.79 Å². The highest BCUT2D eigenvalue weighted by Crippen LogP contribution is 2.21. The normalized spacial score (nSPS) is 17.1. The Balaban J connectivity index is 0.00000264. The molecule has 3 N–H and O–H groups in total. The second-order valence-electron chi connectivity index (χ2n) is 5.86. The van der Waals surface area contributed by atoms with Gasteiger partial charge in [0.25, 0.3) is 0 Å². The maximum atomic E-state index is 12.1. The molecule has 23 heavy (non-hydrogen) atoms. The highest BCUT2D eigenvalue weighted by Gasteiger charge is 2.20. The molecule has 6 heteroatoms. The quantitative estimate of drug-likeness (QED) is 0.829. The van der Waals surface area contributed by atoms with E-state index < -0.39 is 6.04 Å². The number of nitrogens with zero attached hydrogens (tertiary/aromatic N) is 1. The molecule has 1 aliphatic rings. The van der Waals surface area contributed by atoms with Gasteiger partial charge in [0, 0.05) is 25.3 Å². The fourth-order valence-electron chi connectivity index (χ4n) is 2.59. The fraction of sp³-hybridized carbons (Fsp3) is 0.588. The van der Waals surface area contributed by atoms with Crippen LogP contribution < -0.4 is 16.0 Å². The molecule has 1 fully saturated rings. The van der Waals surface area contributed by atoms with Gasteiger partial charge in [0.05, 0.1) is 19.3 Å². The van der Waals surface area contributed by atoms with Crippen molar-refractivity contribution in [3.63, 3.8) is 0 Å². The standard InChI is InChI=1S/C17H27N3O2.ClH/c1-3-13(2)16(18)17(21)19-12-14-6-4-5-7-15(14)20-8-10-22-11-9-20;/h4-7,13,16H,3,8-12,18H2,1-2H3,(H,19,21);1H.